The van der Waals surface area contributed by atoms with Gasteiger partial charge in [-0.25, -0.2) is 4.39 Å². The maximum atomic E-state index is 13.6. The monoisotopic (exact) mass is 481 g/mol. The number of carbonyl (C=O) groups excluding carboxylic acids is 1. The number of benzene rings is 1. The van der Waals surface area contributed by atoms with Gasteiger partial charge < -0.3 is 10.2 Å². The molecule has 4 heterocycles. The van der Waals surface area contributed by atoms with Crippen LogP contribution in [-0.2, 0) is 4.84 Å². The van der Waals surface area contributed by atoms with Gasteiger partial charge in [-0.05, 0) is 67.4 Å². The molecular weight excluding hydrogens is 457 g/mol. The first-order chi connectivity index (χ1) is 17.5. The molecule has 0 radical (unpaired) electrons. The van der Waals surface area contributed by atoms with E-state index >= 15 is 0 Å². The van der Waals surface area contributed by atoms with Crippen LogP contribution in [-0.4, -0.2) is 26.6 Å². The number of rotatable bonds is 6. The lowest BCUT2D eigenvalue weighted by atomic mass is 9.96. The van der Waals surface area contributed by atoms with E-state index in [2.05, 4.69) is 25.4 Å². The van der Waals surface area contributed by atoms with Gasteiger partial charge in [0.15, 0.2) is 6.10 Å². The van der Waals surface area contributed by atoms with Crippen molar-refractivity contribution in [3.63, 3.8) is 0 Å². The Bertz CT molecular complexity index is 1420. The van der Waals surface area contributed by atoms with E-state index in [1.807, 2.05) is 43.3 Å². The highest BCUT2D eigenvalue weighted by Gasteiger charge is 2.26. The Labute approximate surface area is 208 Å². The van der Waals surface area contributed by atoms with Crippen LogP contribution in [0.2, 0.25) is 0 Å². The van der Waals surface area contributed by atoms with Crippen LogP contribution in [0.1, 0.15) is 58.2 Å². The summed E-state index contributed by atoms with van der Waals surface area (Å²) in [5, 5.41) is 7.24. The summed E-state index contributed by atoms with van der Waals surface area (Å²) in [6, 6.07) is 16.0. The zero-order valence-electron chi connectivity index (χ0n) is 19.9. The minimum atomic E-state index is -0.454. The smallest absolute Gasteiger partial charge is 0.251 e. The van der Waals surface area contributed by atoms with Crippen molar-refractivity contribution in [1.82, 2.24) is 20.3 Å². The van der Waals surface area contributed by atoms with Crippen LogP contribution in [0.4, 0.5) is 4.39 Å². The third-order valence-corrected chi connectivity index (χ3v) is 6.00. The fraction of sp³-hybridized carbons (Fsp3) is 0.179. The van der Waals surface area contributed by atoms with Crippen LogP contribution >= 0.6 is 0 Å². The van der Waals surface area contributed by atoms with Gasteiger partial charge in [0.05, 0.1) is 29.3 Å². The summed E-state index contributed by atoms with van der Waals surface area (Å²) in [5.41, 5.74) is 5.84. The summed E-state index contributed by atoms with van der Waals surface area (Å²) in [6.07, 6.45) is 6.40. The lowest BCUT2D eigenvalue weighted by Gasteiger charge is -2.15. The van der Waals surface area contributed by atoms with E-state index in [-0.39, 0.29) is 12.0 Å². The highest BCUT2D eigenvalue weighted by Crippen LogP contribution is 2.30. The third kappa shape index (κ3) is 5.12. The first kappa shape index (κ1) is 23.3. The van der Waals surface area contributed by atoms with Gasteiger partial charge in [0.1, 0.15) is 5.82 Å². The number of pyridine rings is 3. The molecule has 36 heavy (non-hydrogen) atoms. The molecule has 8 heteroatoms. The van der Waals surface area contributed by atoms with Crippen LogP contribution in [0.3, 0.4) is 0 Å². The Morgan fingerprint density at radius 2 is 1.92 bits per heavy atom. The van der Waals surface area contributed by atoms with Crippen molar-refractivity contribution in [3.8, 4) is 11.3 Å². The lowest BCUT2D eigenvalue weighted by molar-refractivity contribution is 0.0826. The number of carbonyl (C=O) groups is 1. The third-order valence-electron chi connectivity index (χ3n) is 6.00. The van der Waals surface area contributed by atoms with Gasteiger partial charge in [0.2, 0.25) is 0 Å². The topological polar surface area (TPSA) is 89.4 Å². The normalized spacial score (nSPS) is 15.6. The number of nitrogens with one attached hydrogen (secondary N) is 1. The van der Waals surface area contributed by atoms with Crippen molar-refractivity contribution in [3.05, 3.63) is 113 Å². The molecule has 0 spiro atoms. The van der Waals surface area contributed by atoms with E-state index in [0.717, 1.165) is 40.0 Å². The minimum Gasteiger partial charge on any atom is -0.385 e. The maximum absolute atomic E-state index is 13.6. The van der Waals surface area contributed by atoms with Crippen LogP contribution < -0.4 is 5.32 Å². The SMILES string of the molecule is Cc1ccc(-c2cc(C(=O)N[C@H](C)c3cncc(F)c3)cc(C3=NOC(c4ccccn4)C3)c2)nc1. The van der Waals surface area contributed by atoms with Crippen LogP contribution in [0.25, 0.3) is 11.3 Å². The molecule has 1 N–H and O–H groups in total. The van der Waals surface area contributed by atoms with Gasteiger partial charge in [-0.1, -0.05) is 17.3 Å². The van der Waals surface area contributed by atoms with Gasteiger partial charge in [-0.3, -0.25) is 19.7 Å². The van der Waals surface area contributed by atoms with Crippen LogP contribution in [0.15, 0.2) is 84.5 Å². The van der Waals surface area contributed by atoms with Crippen molar-refractivity contribution in [2.24, 2.45) is 5.16 Å². The van der Waals surface area contributed by atoms with E-state index < -0.39 is 11.9 Å². The molecule has 180 valence electrons. The zero-order chi connectivity index (χ0) is 25.1. The fourth-order valence-electron chi connectivity index (χ4n) is 4.01. The van der Waals surface area contributed by atoms with Crippen molar-refractivity contribution >= 4 is 11.6 Å². The number of nitrogens with zero attached hydrogens (tertiary/aromatic N) is 4. The molecule has 0 fully saturated rings. The molecule has 0 bridgehead atoms. The number of halogens is 1. The molecule has 5 rings (SSSR count). The van der Waals surface area contributed by atoms with Crippen LogP contribution in [0.5, 0.6) is 0 Å². The average Bonchev–Trinajstić information content (AvgIpc) is 3.40. The van der Waals surface area contributed by atoms with Crippen molar-refractivity contribution in [1.29, 1.82) is 0 Å². The van der Waals surface area contributed by atoms with E-state index in [1.165, 1.54) is 12.3 Å². The quantitative estimate of drug-likeness (QED) is 0.401. The summed E-state index contributed by atoms with van der Waals surface area (Å²) in [5.74, 6) is -0.757. The first-order valence-electron chi connectivity index (χ1n) is 11.6. The Hall–Kier alpha value is -4.46. The second kappa shape index (κ2) is 10.0. The molecule has 0 saturated heterocycles. The number of amides is 1. The molecule has 4 aromatic rings. The zero-order valence-corrected chi connectivity index (χ0v) is 19.9. The predicted octanol–water partition coefficient (Wildman–Crippen LogP) is 5.34. The fourth-order valence-corrected chi connectivity index (χ4v) is 4.01. The van der Waals surface area contributed by atoms with Crippen molar-refractivity contribution in [2.45, 2.75) is 32.4 Å². The summed E-state index contributed by atoms with van der Waals surface area (Å²) >= 11 is 0. The van der Waals surface area contributed by atoms with E-state index in [4.69, 9.17) is 4.84 Å². The average molecular weight is 482 g/mol. The van der Waals surface area contributed by atoms with Crippen molar-refractivity contribution < 1.29 is 14.0 Å². The molecular formula is C28H24FN5O2. The van der Waals surface area contributed by atoms with E-state index in [1.54, 1.807) is 31.5 Å². The molecule has 1 aliphatic heterocycles. The lowest BCUT2D eigenvalue weighted by Crippen LogP contribution is -2.27. The van der Waals surface area contributed by atoms with Gasteiger partial charge in [-0.15, -0.1) is 0 Å². The number of aromatic nitrogens is 3. The van der Waals surface area contributed by atoms with Crippen LogP contribution in [0, 0.1) is 12.7 Å². The van der Waals surface area contributed by atoms with Gasteiger partial charge >= 0.3 is 0 Å². The second-order valence-electron chi connectivity index (χ2n) is 8.74. The van der Waals surface area contributed by atoms with Crippen molar-refractivity contribution in [2.75, 3.05) is 0 Å². The Morgan fingerprint density at radius 3 is 2.67 bits per heavy atom. The Kier molecular flexibility index (Phi) is 6.49. The van der Waals surface area contributed by atoms with E-state index in [9.17, 15) is 9.18 Å². The summed E-state index contributed by atoms with van der Waals surface area (Å²) in [7, 11) is 0. The predicted molar refractivity (Wildman–Crippen MR) is 134 cm³/mol. The molecule has 2 atom stereocenters. The summed E-state index contributed by atoms with van der Waals surface area (Å²) in [6.45, 7) is 3.75. The number of aryl methyl sites for hydroxylation is 1. The highest BCUT2D eigenvalue weighted by atomic mass is 19.1. The largest absolute Gasteiger partial charge is 0.385 e. The molecule has 0 saturated carbocycles. The van der Waals surface area contributed by atoms with Gasteiger partial charge in [0.25, 0.3) is 5.91 Å². The Balaban J connectivity index is 1.46. The first-order valence-corrected chi connectivity index (χ1v) is 11.6. The molecule has 7 nitrogen and oxygen atoms in total. The number of oxime groups is 1. The Morgan fingerprint density at radius 1 is 1.06 bits per heavy atom. The summed E-state index contributed by atoms with van der Waals surface area (Å²) < 4.78 is 13.6. The maximum Gasteiger partial charge on any atom is 0.251 e. The highest BCUT2D eigenvalue weighted by molar-refractivity contribution is 6.05. The second-order valence-corrected chi connectivity index (χ2v) is 8.74. The summed E-state index contributed by atoms with van der Waals surface area (Å²) in [4.78, 5) is 31.7. The van der Waals surface area contributed by atoms with Gasteiger partial charge in [0, 0.05) is 41.7 Å². The molecule has 0 aliphatic carbocycles. The molecule has 1 aliphatic rings. The molecule has 1 aromatic carbocycles. The number of hydrogen-bond donors (Lipinski definition) is 1. The molecule has 3 aromatic heterocycles. The standard InChI is InChI=1S/C28H24FN5O2/c1-17-6-7-24(32-14-17)19-9-20(26-13-27(36-34-26)25-5-3-4-8-31-25)11-21(10-19)28(35)33-18(2)22-12-23(29)16-30-15-22/h3-12,14-16,18,27H,13H2,1-2H3,(H,33,35)/t18-,27?/m1/s1. The van der Waals surface area contributed by atoms with Gasteiger partial charge in [-0.2, -0.15) is 0 Å². The molecule has 1 amide bonds. The molecule has 1 unspecified atom stereocenters. The van der Waals surface area contributed by atoms with E-state index in [0.29, 0.717) is 17.5 Å². The number of hydrogen-bond acceptors (Lipinski definition) is 6. The minimum absolute atomic E-state index is 0.292.